The van der Waals surface area contributed by atoms with Gasteiger partial charge in [0, 0.05) is 12.0 Å². The van der Waals surface area contributed by atoms with Crippen molar-refractivity contribution >= 4 is 15.9 Å². The normalized spacial score (nSPS) is 24.5. The molecule has 0 radical (unpaired) electrons. The van der Waals surface area contributed by atoms with Gasteiger partial charge in [-0.05, 0) is 29.7 Å². The lowest BCUT2D eigenvalue weighted by Gasteiger charge is -2.33. The van der Waals surface area contributed by atoms with Crippen LogP contribution in [0.3, 0.4) is 0 Å². The highest BCUT2D eigenvalue weighted by atomic mass is 32.2. The van der Waals surface area contributed by atoms with Crippen molar-refractivity contribution in [3.63, 3.8) is 0 Å². The van der Waals surface area contributed by atoms with Gasteiger partial charge in [0.25, 0.3) is 11.8 Å². The Hall–Kier alpha value is -2.50. The Bertz CT molecular complexity index is 1170. The van der Waals surface area contributed by atoms with Crippen molar-refractivity contribution in [2.75, 3.05) is 19.4 Å². The molecular formula is C22H22F4N2O4S. The van der Waals surface area contributed by atoms with E-state index in [0.717, 1.165) is 17.2 Å². The first-order valence-electron chi connectivity index (χ1n) is 10.3. The first-order chi connectivity index (χ1) is 15.5. The lowest BCUT2D eigenvalue weighted by Crippen LogP contribution is -2.54. The molecular weight excluding hydrogens is 464 g/mol. The number of likely N-dealkylation sites (tertiary alicyclic amines) is 1. The molecule has 0 spiro atoms. The minimum atomic E-state index is -4.07. The third-order valence-electron chi connectivity index (χ3n) is 5.86. The number of carbonyl (C=O) groups excluding carboxylic acids is 1. The molecule has 4 rings (SSSR count). The number of benzene rings is 2. The Labute approximate surface area is 188 Å². The first kappa shape index (κ1) is 23.7. The molecule has 0 saturated carbocycles. The van der Waals surface area contributed by atoms with Crippen molar-refractivity contribution in [1.29, 1.82) is 0 Å². The smallest absolute Gasteiger partial charge is 0.283 e. The van der Waals surface area contributed by atoms with E-state index in [1.807, 2.05) is 4.72 Å². The molecule has 2 aliphatic rings. The van der Waals surface area contributed by atoms with Gasteiger partial charge in [0.1, 0.15) is 23.8 Å². The Balaban J connectivity index is 1.72. The maximum absolute atomic E-state index is 15.4. The van der Waals surface area contributed by atoms with Gasteiger partial charge < -0.3 is 9.64 Å². The fraction of sp³-hybridized carbons (Fsp3) is 0.409. The van der Waals surface area contributed by atoms with E-state index in [9.17, 15) is 26.4 Å². The number of halogens is 4. The molecule has 6 nitrogen and oxygen atoms in total. The molecule has 2 aromatic rings. The van der Waals surface area contributed by atoms with Crippen LogP contribution in [-0.2, 0) is 26.0 Å². The second kappa shape index (κ2) is 8.69. The van der Waals surface area contributed by atoms with Crippen molar-refractivity contribution in [2.45, 2.75) is 37.0 Å². The van der Waals surface area contributed by atoms with Gasteiger partial charge in [-0.25, -0.2) is 30.7 Å². The van der Waals surface area contributed by atoms with Crippen molar-refractivity contribution in [3.8, 4) is 11.1 Å². The molecule has 0 aromatic heterocycles. The summed E-state index contributed by atoms with van der Waals surface area (Å²) in [6.07, 6.45) is -0.161. The molecule has 2 fully saturated rings. The summed E-state index contributed by atoms with van der Waals surface area (Å²) < 4.78 is 89.5. The largest absolute Gasteiger partial charge is 0.368 e. The van der Waals surface area contributed by atoms with Gasteiger partial charge in [-0.1, -0.05) is 30.3 Å². The van der Waals surface area contributed by atoms with Gasteiger partial charge in [0.05, 0.1) is 25.4 Å². The second-order valence-corrected chi connectivity index (χ2v) is 10.1. The molecule has 0 bridgehead atoms. The van der Waals surface area contributed by atoms with E-state index >= 15 is 4.39 Å². The average molecular weight is 486 g/mol. The molecule has 2 aromatic carbocycles. The van der Waals surface area contributed by atoms with Crippen LogP contribution in [0.1, 0.15) is 12.0 Å². The molecule has 1 amide bonds. The number of nitrogens with zero attached hydrogens (tertiary/aromatic N) is 1. The van der Waals surface area contributed by atoms with Gasteiger partial charge >= 0.3 is 0 Å². The Morgan fingerprint density at radius 3 is 2.52 bits per heavy atom. The number of hydrogen-bond acceptors (Lipinski definition) is 4. The topological polar surface area (TPSA) is 75.7 Å². The van der Waals surface area contributed by atoms with Crippen LogP contribution in [-0.4, -0.2) is 62.7 Å². The minimum Gasteiger partial charge on any atom is -0.368 e. The zero-order valence-corrected chi connectivity index (χ0v) is 18.4. The van der Waals surface area contributed by atoms with Crippen LogP contribution in [0.15, 0.2) is 42.5 Å². The summed E-state index contributed by atoms with van der Waals surface area (Å²) in [5.74, 6) is -5.60. The van der Waals surface area contributed by atoms with Crippen LogP contribution >= 0.6 is 0 Å². The molecule has 3 atom stereocenters. The molecule has 178 valence electrons. The van der Waals surface area contributed by atoms with Gasteiger partial charge in [0.15, 0.2) is 0 Å². The maximum Gasteiger partial charge on any atom is 0.283 e. The number of nitrogens with one attached hydrogen (secondary N) is 1. The summed E-state index contributed by atoms with van der Waals surface area (Å²) in [6.45, 7) is -0.699. The quantitative estimate of drug-likeness (QED) is 0.638. The molecule has 2 heterocycles. The third-order valence-corrected chi connectivity index (χ3v) is 6.55. The average Bonchev–Trinajstić information content (AvgIpc) is 2.91. The van der Waals surface area contributed by atoms with E-state index in [-0.39, 0.29) is 23.1 Å². The zero-order chi connectivity index (χ0) is 24.0. The van der Waals surface area contributed by atoms with Crippen molar-refractivity contribution in [2.24, 2.45) is 0 Å². The standard InChI is InChI=1S/C22H22F4N2O4S/c1-33(30,31)27-20-17(28(12-22(20,25)26)21(29)18-8-9-32-18)11-14-5-3-7-16(19(14)24)13-4-2-6-15(23)10-13/h2-7,10,17-18,20,27H,8-9,11-12H2,1H3/t17-,18+,20+/m0/s1. The molecule has 11 heteroatoms. The van der Waals surface area contributed by atoms with Crippen LogP contribution in [0.5, 0.6) is 0 Å². The highest BCUT2D eigenvalue weighted by Crippen LogP contribution is 2.37. The highest BCUT2D eigenvalue weighted by Gasteiger charge is 2.57. The molecule has 1 N–H and O–H groups in total. The number of carbonyl (C=O) groups is 1. The van der Waals surface area contributed by atoms with E-state index in [1.165, 1.54) is 36.4 Å². The van der Waals surface area contributed by atoms with Crippen LogP contribution in [0, 0.1) is 11.6 Å². The predicted molar refractivity (Wildman–Crippen MR) is 112 cm³/mol. The Morgan fingerprint density at radius 2 is 1.91 bits per heavy atom. The van der Waals surface area contributed by atoms with E-state index in [0.29, 0.717) is 13.0 Å². The molecule has 33 heavy (non-hydrogen) atoms. The van der Waals surface area contributed by atoms with Crippen molar-refractivity contribution < 1.29 is 35.5 Å². The van der Waals surface area contributed by atoms with Gasteiger partial charge in [0.2, 0.25) is 10.0 Å². The lowest BCUT2D eigenvalue weighted by molar-refractivity contribution is -0.158. The summed E-state index contributed by atoms with van der Waals surface area (Å²) in [7, 11) is -4.07. The van der Waals surface area contributed by atoms with Crippen LogP contribution in [0.25, 0.3) is 11.1 Å². The fourth-order valence-electron chi connectivity index (χ4n) is 4.23. The molecule has 2 aliphatic heterocycles. The van der Waals surface area contributed by atoms with E-state index in [2.05, 4.69) is 0 Å². The summed E-state index contributed by atoms with van der Waals surface area (Å²) >= 11 is 0. The maximum atomic E-state index is 15.4. The SMILES string of the molecule is CS(=O)(=O)N[C@@H]1[C@H](Cc2cccc(-c3cccc(F)c3)c2F)N(C(=O)[C@H]2CCO2)CC1(F)F. The van der Waals surface area contributed by atoms with Gasteiger partial charge in [-0.2, -0.15) is 0 Å². The zero-order valence-electron chi connectivity index (χ0n) is 17.6. The summed E-state index contributed by atoms with van der Waals surface area (Å²) in [4.78, 5) is 13.7. The number of ether oxygens (including phenoxy) is 1. The first-order valence-corrected chi connectivity index (χ1v) is 12.2. The predicted octanol–water partition coefficient (Wildman–Crippen LogP) is 2.73. The van der Waals surface area contributed by atoms with Crippen molar-refractivity contribution in [1.82, 2.24) is 9.62 Å². The lowest BCUT2D eigenvalue weighted by atomic mass is 9.95. The number of sulfonamides is 1. The number of alkyl halides is 2. The van der Waals surface area contributed by atoms with Crippen LogP contribution in [0.2, 0.25) is 0 Å². The van der Waals surface area contributed by atoms with Gasteiger partial charge in [-0.15, -0.1) is 0 Å². The Morgan fingerprint density at radius 1 is 1.21 bits per heavy atom. The monoisotopic (exact) mass is 486 g/mol. The van der Waals surface area contributed by atoms with E-state index < -0.39 is 58.2 Å². The Kier molecular flexibility index (Phi) is 6.23. The summed E-state index contributed by atoms with van der Waals surface area (Å²) in [5.41, 5.74) is 0.310. The molecule has 0 unspecified atom stereocenters. The molecule has 2 saturated heterocycles. The number of hydrogen-bond donors (Lipinski definition) is 1. The minimum absolute atomic E-state index is 0.00732. The van der Waals surface area contributed by atoms with E-state index in [4.69, 9.17) is 4.74 Å². The van der Waals surface area contributed by atoms with Gasteiger partial charge in [-0.3, -0.25) is 4.79 Å². The highest BCUT2D eigenvalue weighted by molar-refractivity contribution is 7.88. The summed E-state index contributed by atoms with van der Waals surface area (Å²) in [6, 6.07) is 6.25. The second-order valence-electron chi connectivity index (χ2n) is 8.30. The summed E-state index contributed by atoms with van der Waals surface area (Å²) in [5, 5.41) is 0. The van der Waals surface area contributed by atoms with Crippen molar-refractivity contribution in [3.05, 3.63) is 59.7 Å². The third kappa shape index (κ3) is 4.90. The van der Waals surface area contributed by atoms with Crippen LogP contribution < -0.4 is 4.72 Å². The fourth-order valence-corrected chi connectivity index (χ4v) is 5.02. The van der Waals surface area contributed by atoms with E-state index in [1.54, 1.807) is 0 Å². The number of rotatable bonds is 6. The molecule has 0 aliphatic carbocycles. The van der Waals surface area contributed by atoms with Crippen LogP contribution in [0.4, 0.5) is 17.6 Å². The number of amides is 1.